The number of ether oxygens (including phenoxy) is 1. The Kier molecular flexibility index (Phi) is 4.87. The summed E-state index contributed by atoms with van der Waals surface area (Å²) in [5.74, 6) is 0. The van der Waals surface area contributed by atoms with Gasteiger partial charge in [-0.1, -0.05) is 24.2 Å². The smallest absolute Gasteiger partial charge is 0.186 e. The van der Waals surface area contributed by atoms with E-state index in [9.17, 15) is 4.79 Å². The molecule has 1 aliphatic heterocycles. The molecule has 0 unspecified atom stereocenters. The number of carbonyl (C=O) groups is 1. The van der Waals surface area contributed by atoms with Gasteiger partial charge in [0.2, 0.25) is 0 Å². The van der Waals surface area contributed by atoms with Crippen molar-refractivity contribution in [1.82, 2.24) is 9.88 Å². The van der Waals surface area contributed by atoms with Crippen molar-refractivity contribution in [2.75, 3.05) is 38.2 Å². The van der Waals surface area contributed by atoms with Crippen LogP contribution in [0.25, 0.3) is 0 Å². The topological polar surface area (TPSA) is 45.7 Å². The molecule has 0 spiro atoms. The van der Waals surface area contributed by atoms with Crippen LogP contribution in [0, 0.1) is 0 Å². The van der Waals surface area contributed by atoms with E-state index in [0.717, 1.165) is 49.3 Å². The van der Waals surface area contributed by atoms with Crippen molar-refractivity contribution >= 4 is 22.8 Å². The summed E-state index contributed by atoms with van der Waals surface area (Å²) in [5, 5.41) is 0.968. The quantitative estimate of drug-likeness (QED) is 0.780. The van der Waals surface area contributed by atoms with Gasteiger partial charge in [0.05, 0.1) is 17.2 Å². The van der Waals surface area contributed by atoms with Crippen molar-refractivity contribution in [3.8, 4) is 0 Å². The highest BCUT2D eigenvalue weighted by molar-refractivity contribution is 7.17. The molecule has 0 amide bonds. The molecular formula is C15H23N3O2S. The van der Waals surface area contributed by atoms with Gasteiger partial charge in [0.25, 0.3) is 0 Å². The van der Waals surface area contributed by atoms with Crippen LogP contribution in [0.2, 0.25) is 0 Å². The normalized spacial score (nSPS) is 21.1. The third kappa shape index (κ3) is 3.27. The summed E-state index contributed by atoms with van der Waals surface area (Å²) in [7, 11) is 1.63. The second-order valence-electron chi connectivity index (χ2n) is 5.82. The predicted molar refractivity (Wildman–Crippen MR) is 84.3 cm³/mol. The molecule has 1 saturated heterocycles. The summed E-state index contributed by atoms with van der Waals surface area (Å²) in [4.78, 5) is 21.3. The summed E-state index contributed by atoms with van der Waals surface area (Å²) < 4.78 is 5.11. The first-order valence-corrected chi connectivity index (χ1v) is 8.56. The molecular weight excluding hydrogens is 286 g/mol. The molecule has 1 aromatic rings. The highest BCUT2D eigenvalue weighted by Crippen LogP contribution is 2.29. The van der Waals surface area contributed by atoms with Gasteiger partial charge < -0.3 is 9.64 Å². The number of aromatic nitrogens is 1. The van der Waals surface area contributed by atoms with Crippen molar-refractivity contribution in [1.29, 1.82) is 0 Å². The number of hydrogen-bond acceptors (Lipinski definition) is 6. The number of thiazole rings is 1. The van der Waals surface area contributed by atoms with Crippen molar-refractivity contribution in [3.05, 3.63) is 10.6 Å². The Morgan fingerprint density at radius 2 is 2.00 bits per heavy atom. The standard InChI is InChI=1S/C15H23N3O2S/c1-20-11-13-14(10-19)21-15(16-13)18-8-6-17(7-9-18)12-4-2-3-5-12/h10,12H,2-9,11H2,1H3. The predicted octanol–water partition coefficient (Wildman–Crippen LogP) is 2.17. The Labute approximate surface area is 129 Å². The molecule has 116 valence electrons. The van der Waals surface area contributed by atoms with Gasteiger partial charge in [0.15, 0.2) is 11.4 Å². The molecule has 1 aliphatic carbocycles. The number of nitrogens with zero attached hydrogens (tertiary/aromatic N) is 3. The van der Waals surface area contributed by atoms with Crippen molar-refractivity contribution in [2.24, 2.45) is 0 Å². The fourth-order valence-electron chi connectivity index (χ4n) is 3.37. The summed E-state index contributed by atoms with van der Waals surface area (Å²) in [6.45, 7) is 4.65. The molecule has 2 aliphatic rings. The van der Waals surface area contributed by atoms with E-state index in [1.165, 1.54) is 37.0 Å². The summed E-state index contributed by atoms with van der Waals surface area (Å²) in [6.07, 6.45) is 6.40. The first kappa shape index (κ1) is 14.9. The fraction of sp³-hybridized carbons (Fsp3) is 0.733. The number of hydrogen-bond donors (Lipinski definition) is 0. The van der Waals surface area contributed by atoms with Crippen molar-refractivity contribution < 1.29 is 9.53 Å². The van der Waals surface area contributed by atoms with Gasteiger partial charge in [-0.15, -0.1) is 0 Å². The maximum absolute atomic E-state index is 11.1. The molecule has 1 saturated carbocycles. The number of carbonyl (C=O) groups excluding carboxylic acids is 1. The molecule has 2 heterocycles. The largest absolute Gasteiger partial charge is 0.378 e. The Morgan fingerprint density at radius 3 is 2.62 bits per heavy atom. The van der Waals surface area contributed by atoms with Crippen molar-refractivity contribution in [2.45, 2.75) is 38.3 Å². The van der Waals surface area contributed by atoms with Crippen LogP contribution in [-0.4, -0.2) is 55.5 Å². The van der Waals surface area contributed by atoms with Gasteiger partial charge in [-0.3, -0.25) is 9.69 Å². The monoisotopic (exact) mass is 309 g/mol. The van der Waals surface area contributed by atoms with Crippen LogP contribution in [-0.2, 0) is 11.3 Å². The number of anilines is 1. The fourth-order valence-corrected chi connectivity index (χ4v) is 4.30. The van der Waals surface area contributed by atoms with Crippen LogP contribution >= 0.6 is 11.3 Å². The third-order valence-corrected chi connectivity index (χ3v) is 5.61. The number of aldehydes is 1. The van der Waals surface area contributed by atoms with E-state index in [4.69, 9.17) is 4.74 Å². The molecule has 0 N–H and O–H groups in total. The lowest BCUT2D eigenvalue weighted by Crippen LogP contribution is -2.49. The minimum Gasteiger partial charge on any atom is -0.378 e. The lowest BCUT2D eigenvalue weighted by molar-refractivity contribution is 0.112. The second kappa shape index (κ2) is 6.85. The van der Waals surface area contributed by atoms with Gasteiger partial charge in [0, 0.05) is 39.3 Å². The van der Waals surface area contributed by atoms with Crippen LogP contribution in [0.15, 0.2) is 0 Å². The highest BCUT2D eigenvalue weighted by atomic mass is 32.1. The van der Waals surface area contributed by atoms with Crippen LogP contribution in [0.4, 0.5) is 5.13 Å². The molecule has 21 heavy (non-hydrogen) atoms. The van der Waals surface area contributed by atoms with E-state index in [1.807, 2.05) is 0 Å². The second-order valence-corrected chi connectivity index (χ2v) is 6.83. The first-order valence-electron chi connectivity index (χ1n) is 7.74. The molecule has 3 rings (SSSR count). The molecule has 1 aromatic heterocycles. The SMILES string of the molecule is COCc1nc(N2CCN(C3CCCC3)CC2)sc1C=O. The zero-order valence-corrected chi connectivity index (χ0v) is 13.4. The summed E-state index contributed by atoms with van der Waals surface area (Å²) in [6, 6.07) is 0.804. The van der Waals surface area contributed by atoms with Crippen molar-refractivity contribution in [3.63, 3.8) is 0 Å². The minimum atomic E-state index is 0.409. The van der Waals surface area contributed by atoms with Gasteiger partial charge in [-0.05, 0) is 12.8 Å². The van der Waals surface area contributed by atoms with E-state index in [0.29, 0.717) is 11.5 Å². The Balaban J connectivity index is 1.62. The van der Waals surface area contributed by atoms with E-state index in [-0.39, 0.29) is 0 Å². The highest BCUT2D eigenvalue weighted by Gasteiger charge is 2.27. The van der Waals surface area contributed by atoms with E-state index in [1.54, 1.807) is 7.11 Å². The van der Waals surface area contributed by atoms with Gasteiger partial charge in [-0.25, -0.2) is 4.98 Å². The minimum absolute atomic E-state index is 0.409. The lowest BCUT2D eigenvalue weighted by atomic mass is 10.2. The Morgan fingerprint density at radius 1 is 1.29 bits per heavy atom. The van der Waals surface area contributed by atoms with Gasteiger partial charge in [0.1, 0.15) is 0 Å². The zero-order valence-electron chi connectivity index (χ0n) is 12.6. The molecule has 5 nitrogen and oxygen atoms in total. The van der Waals surface area contributed by atoms with Gasteiger partial charge >= 0.3 is 0 Å². The van der Waals surface area contributed by atoms with Crippen LogP contribution in [0.5, 0.6) is 0 Å². The van der Waals surface area contributed by atoms with E-state index in [2.05, 4.69) is 14.8 Å². The summed E-state index contributed by atoms with van der Waals surface area (Å²) in [5.41, 5.74) is 0.769. The first-order chi connectivity index (χ1) is 10.3. The lowest BCUT2D eigenvalue weighted by Gasteiger charge is -2.37. The Hall–Kier alpha value is -0.980. The number of piperazine rings is 1. The summed E-state index contributed by atoms with van der Waals surface area (Å²) >= 11 is 1.49. The van der Waals surface area contributed by atoms with E-state index >= 15 is 0 Å². The van der Waals surface area contributed by atoms with E-state index < -0.39 is 0 Å². The number of methoxy groups -OCH3 is 1. The van der Waals surface area contributed by atoms with Crippen LogP contribution < -0.4 is 4.90 Å². The van der Waals surface area contributed by atoms with Crippen LogP contribution in [0.3, 0.4) is 0 Å². The molecule has 0 radical (unpaired) electrons. The number of rotatable bonds is 5. The van der Waals surface area contributed by atoms with Crippen LogP contribution in [0.1, 0.15) is 41.0 Å². The maximum Gasteiger partial charge on any atom is 0.186 e. The molecule has 0 aromatic carbocycles. The Bertz CT molecular complexity index is 477. The molecule has 0 bridgehead atoms. The third-order valence-electron chi connectivity index (χ3n) is 4.53. The molecule has 2 fully saturated rings. The molecule has 6 heteroatoms. The van der Waals surface area contributed by atoms with Gasteiger partial charge in [-0.2, -0.15) is 0 Å². The maximum atomic E-state index is 11.1. The average molecular weight is 309 g/mol. The zero-order chi connectivity index (χ0) is 14.7. The molecule has 0 atom stereocenters. The average Bonchev–Trinajstić information content (AvgIpc) is 3.17.